The van der Waals surface area contributed by atoms with Gasteiger partial charge in [0, 0.05) is 13.2 Å². The van der Waals surface area contributed by atoms with E-state index in [0.717, 1.165) is 13.0 Å². The number of aliphatic hydroxyl groups excluding tert-OH is 1. The number of hydrogen-bond acceptors (Lipinski definition) is 3. The zero-order valence-electron chi connectivity index (χ0n) is 6.90. The van der Waals surface area contributed by atoms with Crippen LogP contribution in [0, 0.1) is 11.8 Å². The molecule has 0 aliphatic carbocycles. The van der Waals surface area contributed by atoms with E-state index in [0.29, 0.717) is 18.9 Å². The highest BCUT2D eigenvalue weighted by atomic mass is 16.5. The molecule has 12 heavy (non-hydrogen) atoms. The van der Waals surface area contributed by atoms with Crippen LogP contribution in [0.3, 0.4) is 0 Å². The monoisotopic (exact) mass is 174 g/mol. The third kappa shape index (κ3) is 2.46. The molecule has 1 aliphatic heterocycles. The molecular weight excluding hydrogens is 160 g/mol. The molecular formula is C8H14O4. The molecule has 1 fully saturated rings. The van der Waals surface area contributed by atoms with Crippen molar-refractivity contribution in [3.63, 3.8) is 0 Å². The number of aliphatic carboxylic acids is 1. The molecule has 2 atom stereocenters. The third-order valence-corrected chi connectivity index (χ3v) is 2.21. The largest absolute Gasteiger partial charge is 0.481 e. The molecule has 1 aliphatic rings. The summed E-state index contributed by atoms with van der Waals surface area (Å²) in [5.41, 5.74) is 0. The van der Waals surface area contributed by atoms with Gasteiger partial charge in [-0.05, 0) is 18.8 Å². The zero-order valence-corrected chi connectivity index (χ0v) is 6.90. The molecule has 70 valence electrons. The minimum absolute atomic E-state index is 0.272. The molecule has 0 aromatic rings. The zero-order chi connectivity index (χ0) is 8.97. The summed E-state index contributed by atoms with van der Waals surface area (Å²) in [5, 5.41) is 17.4. The number of rotatable bonds is 4. The first-order chi connectivity index (χ1) is 5.74. The van der Waals surface area contributed by atoms with Crippen LogP contribution in [-0.2, 0) is 9.53 Å². The lowest BCUT2D eigenvalue weighted by Gasteiger charge is -2.12. The number of ether oxygens (including phenoxy) is 1. The van der Waals surface area contributed by atoms with Gasteiger partial charge in [0.2, 0.25) is 0 Å². The van der Waals surface area contributed by atoms with Crippen LogP contribution in [0.5, 0.6) is 0 Å². The Morgan fingerprint density at radius 2 is 2.42 bits per heavy atom. The van der Waals surface area contributed by atoms with Gasteiger partial charge in [-0.25, -0.2) is 0 Å². The van der Waals surface area contributed by atoms with E-state index in [1.54, 1.807) is 0 Å². The van der Waals surface area contributed by atoms with Gasteiger partial charge in [-0.3, -0.25) is 4.79 Å². The fourth-order valence-corrected chi connectivity index (χ4v) is 1.43. The highest BCUT2D eigenvalue weighted by molar-refractivity contribution is 5.70. The van der Waals surface area contributed by atoms with E-state index in [1.165, 1.54) is 0 Å². The SMILES string of the molecule is O=C(O)C(CO)CC1CCOC1. The highest BCUT2D eigenvalue weighted by Gasteiger charge is 2.24. The molecule has 0 bridgehead atoms. The fourth-order valence-electron chi connectivity index (χ4n) is 1.43. The molecule has 2 N–H and O–H groups in total. The topological polar surface area (TPSA) is 66.8 Å². The molecule has 1 saturated heterocycles. The van der Waals surface area contributed by atoms with E-state index in [9.17, 15) is 4.79 Å². The molecule has 0 aromatic carbocycles. The summed E-state index contributed by atoms with van der Waals surface area (Å²) in [6.07, 6.45) is 1.45. The van der Waals surface area contributed by atoms with Gasteiger partial charge in [-0.1, -0.05) is 0 Å². The van der Waals surface area contributed by atoms with Crippen LogP contribution in [0.15, 0.2) is 0 Å². The van der Waals surface area contributed by atoms with E-state index in [1.807, 2.05) is 0 Å². The van der Waals surface area contributed by atoms with Crippen molar-refractivity contribution < 1.29 is 19.7 Å². The Labute approximate surface area is 71.2 Å². The first-order valence-electron chi connectivity index (χ1n) is 4.15. The standard InChI is InChI=1S/C8H14O4/c9-4-7(8(10)11)3-6-1-2-12-5-6/h6-7,9H,1-5H2,(H,10,11). The van der Waals surface area contributed by atoms with Crippen LogP contribution in [0.25, 0.3) is 0 Å². The van der Waals surface area contributed by atoms with Gasteiger partial charge < -0.3 is 14.9 Å². The maximum Gasteiger partial charge on any atom is 0.308 e. The van der Waals surface area contributed by atoms with Crippen molar-refractivity contribution in [1.29, 1.82) is 0 Å². The number of carboxylic acid groups (broad SMARTS) is 1. The summed E-state index contributed by atoms with van der Waals surface area (Å²) in [5.74, 6) is -1.21. The van der Waals surface area contributed by atoms with E-state index >= 15 is 0 Å². The molecule has 0 saturated carbocycles. The third-order valence-electron chi connectivity index (χ3n) is 2.21. The molecule has 0 radical (unpaired) electrons. The molecule has 0 aromatic heterocycles. The molecule has 2 unspecified atom stereocenters. The van der Waals surface area contributed by atoms with Crippen molar-refractivity contribution in [2.24, 2.45) is 11.8 Å². The van der Waals surface area contributed by atoms with Crippen molar-refractivity contribution >= 4 is 5.97 Å². The lowest BCUT2D eigenvalue weighted by atomic mass is 9.95. The predicted molar refractivity (Wildman–Crippen MR) is 41.8 cm³/mol. The van der Waals surface area contributed by atoms with E-state index in [-0.39, 0.29) is 6.61 Å². The average molecular weight is 174 g/mol. The minimum Gasteiger partial charge on any atom is -0.481 e. The molecule has 0 amide bonds. The number of hydrogen-bond donors (Lipinski definition) is 2. The van der Waals surface area contributed by atoms with Crippen molar-refractivity contribution in [1.82, 2.24) is 0 Å². The van der Waals surface area contributed by atoms with Gasteiger partial charge >= 0.3 is 5.97 Å². The quantitative estimate of drug-likeness (QED) is 0.634. The van der Waals surface area contributed by atoms with Crippen molar-refractivity contribution in [3.05, 3.63) is 0 Å². The maximum atomic E-state index is 10.5. The molecule has 4 heteroatoms. The lowest BCUT2D eigenvalue weighted by Crippen LogP contribution is -2.21. The van der Waals surface area contributed by atoms with Gasteiger partial charge in [-0.15, -0.1) is 0 Å². The molecule has 4 nitrogen and oxygen atoms in total. The van der Waals surface area contributed by atoms with Crippen molar-refractivity contribution in [3.8, 4) is 0 Å². The number of carboxylic acids is 1. The van der Waals surface area contributed by atoms with Crippen molar-refractivity contribution in [2.75, 3.05) is 19.8 Å². The van der Waals surface area contributed by atoms with Crippen LogP contribution in [0.4, 0.5) is 0 Å². The summed E-state index contributed by atoms with van der Waals surface area (Å²) < 4.78 is 5.11. The smallest absolute Gasteiger partial charge is 0.308 e. The second-order valence-corrected chi connectivity index (χ2v) is 3.18. The Bertz CT molecular complexity index is 151. The highest BCUT2D eigenvalue weighted by Crippen LogP contribution is 2.21. The second-order valence-electron chi connectivity index (χ2n) is 3.18. The Balaban J connectivity index is 2.30. The van der Waals surface area contributed by atoms with E-state index in [4.69, 9.17) is 14.9 Å². The number of aliphatic hydroxyl groups is 1. The first kappa shape index (κ1) is 9.48. The summed E-state index contributed by atoms with van der Waals surface area (Å²) >= 11 is 0. The van der Waals surface area contributed by atoms with Crippen molar-refractivity contribution in [2.45, 2.75) is 12.8 Å². The van der Waals surface area contributed by atoms with E-state index in [2.05, 4.69) is 0 Å². The minimum atomic E-state index is -0.913. The van der Waals surface area contributed by atoms with Gasteiger partial charge in [0.25, 0.3) is 0 Å². The van der Waals surface area contributed by atoms with E-state index < -0.39 is 11.9 Å². The average Bonchev–Trinajstić information content (AvgIpc) is 2.51. The Morgan fingerprint density at radius 1 is 1.67 bits per heavy atom. The summed E-state index contributed by atoms with van der Waals surface area (Å²) in [6.45, 7) is 1.10. The van der Waals surface area contributed by atoms with Gasteiger partial charge in [0.1, 0.15) is 0 Å². The van der Waals surface area contributed by atoms with Gasteiger partial charge in [0.05, 0.1) is 12.5 Å². The number of carbonyl (C=O) groups is 1. The van der Waals surface area contributed by atoms with Crippen LogP contribution in [0.2, 0.25) is 0 Å². The van der Waals surface area contributed by atoms with Gasteiger partial charge in [0.15, 0.2) is 0 Å². The van der Waals surface area contributed by atoms with Crippen LogP contribution in [-0.4, -0.2) is 36.0 Å². The molecule has 0 spiro atoms. The van der Waals surface area contributed by atoms with Gasteiger partial charge in [-0.2, -0.15) is 0 Å². The summed E-state index contributed by atoms with van der Waals surface area (Å²) in [4.78, 5) is 10.5. The Morgan fingerprint density at radius 3 is 2.83 bits per heavy atom. The van der Waals surface area contributed by atoms with Crippen LogP contribution in [0.1, 0.15) is 12.8 Å². The molecule has 1 heterocycles. The Hall–Kier alpha value is -0.610. The predicted octanol–water partition coefficient (Wildman–Crippen LogP) is 0.106. The first-order valence-corrected chi connectivity index (χ1v) is 4.15. The Kier molecular flexibility index (Phi) is 3.49. The van der Waals surface area contributed by atoms with Crippen LogP contribution >= 0.6 is 0 Å². The summed E-state index contributed by atoms with van der Waals surface area (Å²) in [6, 6.07) is 0. The van der Waals surface area contributed by atoms with Crippen LogP contribution < -0.4 is 0 Å². The lowest BCUT2D eigenvalue weighted by molar-refractivity contribution is -0.143. The normalized spacial score (nSPS) is 25.6. The molecule has 1 rings (SSSR count). The maximum absolute atomic E-state index is 10.5. The fraction of sp³-hybridized carbons (Fsp3) is 0.875. The second kappa shape index (κ2) is 4.42. The summed E-state index contributed by atoms with van der Waals surface area (Å²) in [7, 11) is 0.